The Morgan fingerprint density at radius 3 is 2.20 bits per heavy atom. The van der Waals surface area contributed by atoms with Gasteiger partial charge in [-0.05, 0) is 13.8 Å². The van der Waals surface area contributed by atoms with Gasteiger partial charge in [0.05, 0.1) is 14.6 Å². The van der Waals surface area contributed by atoms with E-state index in [4.69, 9.17) is 0 Å². The lowest BCUT2D eigenvalue weighted by Gasteiger charge is -2.16. The van der Waals surface area contributed by atoms with Crippen LogP contribution < -0.4 is 0 Å². The van der Waals surface area contributed by atoms with Crippen LogP contribution in [0.1, 0.15) is 13.8 Å². The van der Waals surface area contributed by atoms with Crippen LogP contribution in [0.5, 0.6) is 0 Å². The number of hydrogen-bond donors (Lipinski definition) is 0. The summed E-state index contributed by atoms with van der Waals surface area (Å²) in [6, 6.07) is 0. The van der Waals surface area contributed by atoms with Gasteiger partial charge in [-0.25, -0.2) is 0 Å². The second-order valence-electron chi connectivity index (χ2n) is 1.94. The van der Waals surface area contributed by atoms with Crippen molar-refractivity contribution in [1.29, 1.82) is 0 Å². The number of carbonyl (C=O) groups is 1. The van der Waals surface area contributed by atoms with Gasteiger partial charge in [-0.15, -0.1) is 0 Å². The summed E-state index contributed by atoms with van der Waals surface area (Å²) in [5.41, 5.74) is 0. The van der Waals surface area contributed by atoms with Crippen molar-refractivity contribution in [3.8, 4) is 0 Å². The van der Waals surface area contributed by atoms with Gasteiger partial charge in [0.1, 0.15) is 0 Å². The molecule has 0 aliphatic rings. The molecule has 10 heavy (non-hydrogen) atoms. The van der Waals surface area contributed by atoms with E-state index in [0.29, 0.717) is 0 Å². The molecule has 0 aliphatic carbocycles. The fraction of sp³-hybridized carbons (Fsp3) is 0.833. The summed E-state index contributed by atoms with van der Waals surface area (Å²) < 4.78 is 10.1. The quantitative estimate of drug-likeness (QED) is 0.569. The SMILES string of the molecule is CCN(CC)C(=O)C[PH2]=O. The first kappa shape index (κ1) is 9.70. The largest absolute Gasteiger partial charge is 0.343 e. The summed E-state index contributed by atoms with van der Waals surface area (Å²) in [7, 11) is -0.920. The predicted molar refractivity (Wildman–Crippen MR) is 43.2 cm³/mol. The van der Waals surface area contributed by atoms with Crippen LogP contribution in [-0.2, 0) is 9.36 Å². The van der Waals surface area contributed by atoms with Gasteiger partial charge in [0.25, 0.3) is 0 Å². The van der Waals surface area contributed by atoms with E-state index in [0.717, 1.165) is 13.1 Å². The molecule has 3 nitrogen and oxygen atoms in total. The third-order valence-corrected chi connectivity index (χ3v) is 1.89. The summed E-state index contributed by atoms with van der Waals surface area (Å²) in [5, 5.41) is 0. The van der Waals surface area contributed by atoms with E-state index in [2.05, 4.69) is 0 Å². The molecule has 0 saturated heterocycles. The summed E-state index contributed by atoms with van der Waals surface area (Å²) in [5.74, 6) is 0.00926. The molecule has 0 aromatic heterocycles. The molecule has 0 aromatic carbocycles. The van der Waals surface area contributed by atoms with Crippen LogP contribution in [0, 0.1) is 0 Å². The molecule has 0 aliphatic heterocycles. The predicted octanol–water partition coefficient (Wildman–Crippen LogP) is 0.611. The third-order valence-electron chi connectivity index (χ3n) is 1.37. The first-order valence-corrected chi connectivity index (χ1v) is 4.76. The van der Waals surface area contributed by atoms with Crippen LogP contribution in [0.25, 0.3) is 0 Å². The summed E-state index contributed by atoms with van der Waals surface area (Å²) in [6.45, 7) is 5.27. The second kappa shape index (κ2) is 5.48. The van der Waals surface area contributed by atoms with E-state index in [1.165, 1.54) is 0 Å². The fourth-order valence-electron chi connectivity index (χ4n) is 0.777. The van der Waals surface area contributed by atoms with Crippen LogP contribution in [0.3, 0.4) is 0 Å². The van der Waals surface area contributed by atoms with Crippen molar-refractivity contribution in [1.82, 2.24) is 4.90 Å². The lowest BCUT2D eigenvalue weighted by atomic mass is 10.5. The molecule has 60 valence electrons. The van der Waals surface area contributed by atoms with Gasteiger partial charge in [-0.1, -0.05) is 0 Å². The van der Waals surface area contributed by atoms with E-state index in [1.807, 2.05) is 13.8 Å². The highest BCUT2D eigenvalue weighted by molar-refractivity contribution is 7.25. The first-order valence-electron chi connectivity index (χ1n) is 3.47. The van der Waals surface area contributed by atoms with E-state index in [1.54, 1.807) is 4.90 Å². The molecule has 0 saturated carbocycles. The fourth-order valence-corrected chi connectivity index (χ4v) is 1.18. The highest BCUT2D eigenvalue weighted by Crippen LogP contribution is 1.96. The minimum Gasteiger partial charge on any atom is -0.343 e. The standard InChI is InChI=1S/C6H14NO2P/c1-3-7(4-2)6(8)5-10-9/h3-5,10H2,1-2H3. The van der Waals surface area contributed by atoms with Crippen LogP contribution in [0.2, 0.25) is 0 Å². The molecule has 0 heterocycles. The van der Waals surface area contributed by atoms with Crippen LogP contribution in [0.4, 0.5) is 0 Å². The molecule has 0 fully saturated rings. The minimum atomic E-state index is -0.920. The van der Waals surface area contributed by atoms with Crippen LogP contribution in [0.15, 0.2) is 0 Å². The van der Waals surface area contributed by atoms with Gasteiger partial charge in [-0.2, -0.15) is 0 Å². The highest BCUT2D eigenvalue weighted by Gasteiger charge is 2.06. The number of hydrogen-bond acceptors (Lipinski definition) is 2. The smallest absolute Gasteiger partial charge is 0.229 e. The zero-order valence-corrected chi connectivity index (χ0v) is 7.62. The van der Waals surface area contributed by atoms with Gasteiger partial charge in [0.15, 0.2) is 0 Å². The Bertz CT molecular complexity index is 123. The molecule has 0 N–H and O–H groups in total. The van der Waals surface area contributed by atoms with Crippen LogP contribution in [-0.4, -0.2) is 30.1 Å². The van der Waals surface area contributed by atoms with Crippen molar-refractivity contribution in [3.63, 3.8) is 0 Å². The lowest BCUT2D eigenvalue weighted by molar-refractivity contribution is -0.128. The third kappa shape index (κ3) is 3.02. The second-order valence-corrected chi connectivity index (χ2v) is 2.68. The number of nitrogens with zero attached hydrogens (tertiary/aromatic N) is 1. The first-order chi connectivity index (χ1) is 4.76. The Hall–Kier alpha value is -0.300. The maximum atomic E-state index is 11.0. The Kier molecular flexibility index (Phi) is 5.32. The highest BCUT2D eigenvalue weighted by atomic mass is 31.1. The zero-order valence-electron chi connectivity index (χ0n) is 6.46. The van der Waals surface area contributed by atoms with Crippen molar-refractivity contribution in [2.24, 2.45) is 0 Å². The van der Waals surface area contributed by atoms with Gasteiger partial charge in [0, 0.05) is 13.1 Å². The molecular weight excluding hydrogens is 149 g/mol. The van der Waals surface area contributed by atoms with Crippen molar-refractivity contribution >= 4 is 14.4 Å². The number of carbonyl (C=O) groups excluding carboxylic acids is 1. The molecule has 0 bridgehead atoms. The number of amides is 1. The average Bonchev–Trinajstić information content (AvgIpc) is 1.91. The van der Waals surface area contributed by atoms with E-state index in [9.17, 15) is 9.36 Å². The monoisotopic (exact) mass is 163 g/mol. The van der Waals surface area contributed by atoms with Crippen molar-refractivity contribution in [3.05, 3.63) is 0 Å². The Morgan fingerprint density at radius 1 is 1.40 bits per heavy atom. The molecule has 4 heteroatoms. The summed E-state index contributed by atoms with van der Waals surface area (Å²) >= 11 is 0. The molecule has 0 rings (SSSR count). The van der Waals surface area contributed by atoms with Crippen LogP contribution >= 0.6 is 8.46 Å². The van der Waals surface area contributed by atoms with Gasteiger partial charge in [0.2, 0.25) is 5.91 Å². The van der Waals surface area contributed by atoms with Gasteiger partial charge in [-0.3, -0.25) is 4.79 Å². The summed E-state index contributed by atoms with van der Waals surface area (Å²) in [6.07, 6.45) is 0.224. The Labute approximate surface area is 62.6 Å². The normalized spacial score (nSPS) is 10.6. The maximum Gasteiger partial charge on any atom is 0.229 e. The summed E-state index contributed by atoms with van der Waals surface area (Å²) in [4.78, 5) is 12.6. The van der Waals surface area contributed by atoms with E-state index in [-0.39, 0.29) is 12.1 Å². The molecule has 1 amide bonds. The Balaban J connectivity index is 3.76. The molecule has 0 spiro atoms. The molecular formula is C6H14NO2P. The maximum absolute atomic E-state index is 11.0. The molecule has 1 atom stereocenters. The zero-order chi connectivity index (χ0) is 7.98. The molecule has 0 aromatic rings. The van der Waals surface area contributed by atoms with E-state index >= 15 is 0 Å². The van der Waals surface area contributed by atoms with Crippen molar-refractivity contribution in [2.45, 2.75) is 13.8 Å². The molecule has 1 unspecified atom stereocenters. The number of rotatable bonds is 4. The lowest BCUT2D eigenvalue weighted by Crippen LogP contribution is -2.31. The topological polar surface area (TPSA) is 37.4 Å². The minimum absolute atomic E-state index is 0.00926. The van der Waals surface area contributed by atoms with Crippen molar-refractivity contribution in [2.75, 3.05) is 19.3 Å². The van der Waals surface area contributed by atoms with Gasteiger partial charge >= 0.3 is 0 Å². The van der Waals surface area contributed by atoms with E-state index < -0.39 is 8.46 Å². The van der Waals surface area contributed by atoms with Crippen molar-refractivity contribution < 1.29 is 9.36 Å². The Morgan fingerprint density at radius 2 is 1.90 bits per heavy atom. The van der Waals surface area contributed by atoms with Gasteiger partial charge < -0.3 is 9.46 Å². The molecule has 0 radical (unpaired) electrons. The average molecular weight is 163 g/mol.